The molecule has 6 nitrogen and oxygen atoms in total. The first-order valence-corrected chi connectivity index (χ1v) is 5.33. The molecular weight excluding hydrogens is 239 g/mol. The molecule has 0 fully saturated rings. The number of rotatable bonds is 4. The van der Waals surface area contributed by atoms with Crippen LogP contribution in [0.15, 0.2) is 12.1 Å². The van der Waals surface area contributed by atoms with E-state index < -0.39 is 18.2 Å². The summed E-state index contributed by atoms with van der Waals surface area (Å²) in [5, 5.41) is 19.1. The summed E-state index contributed by atoms with van der Waals surface area (Å²) in [6, 6.07) is 3.28. The van der Waals surface area contributed by atoms with Crippen LogP contribution in [0.2, 0.25) is 0 Å². The van der Waals surface area contributed by atoms with Crippen LogP contribution in [0.5, 0.6) is 11.5 Å². The predicted molar refractivity (Wildman–Crippen MR) is 63.6 cm³/mol. The Kier molecular flexibility index (Phi) is 3.19. The van der Waals surface area contributed by atoms with Gasteiger partial charge in [0.25, 0.3) is 0 Å². The highest BCUT2D eigenvalue weighted by atomic mass is 16.6. The zero-order valence-corrected chi connectivity index (χ0v) is 10.1. The van der Waals surface area contributed by atoms with Gasteiger partial charge in [-0.3, -0.25) is 4.79 Å². The van der Waals surface area contributed by atoms with Crippen molar-refractivity contribution in [3.8, 4) is 11.5 Å². The third-order valence-electron chi connectivity index (χ3n) is 2.86. The molecule has 0 saturated carbocycles. The lowest BCUT2D eigenvalue weighted by Crippen LogP contribution is -2.29. The SMILES string of the molecule is COc1cc2c(c(OC)c1)C(O)(CC(=O)O)OB2. The molecule has 1 aliphatic heterocycles. The second kappa shape index (κ2) is 4.51. The normalized spacial score (nSPS) is 21.1. The number of methoxy groups -OCH3 is 2. The average molecular weight is 252 g/mol. The number of hydrogen-bond acceptors (Lipinski definition) is 5. The van der Waals surface area contributed by atoms with Crippen molar-refractivity contribution in [3.05, 3.63) is 17.7 Å². The number of aliphatic hydroxyl groups is 1. The molecule has 0 bridgehead atoms. The number of carboxylic acids is 1. The van der Waals surface area contributed by atoms with Crippen LogP contribution in [0.4, 0.5) is 0 Å². The summed E-state index contributed by atoms with van der Waals surface area (Å²) in [5.74, 6) is -2.08. The molecule has 0 spiro atoms. The summed E-state index contributed by atoms with van der Waals surface area (Å²) in [6.07, 6.45) is -0.539. The first-order valence-electron chi connectivity index (χ1n) is 5.33. The third-order valence-corrected chi connectivity index (χ3v) is 2.86. The minimum atomic E-state index is -1.85. The Hall–Kier alpha value is -1.73. The zero-order valence-electron chi connectivity index (χ0n) is 10.1. The number of carboxylic acid groups (broad SMARTS) is 1. The molecular formula is C11H13BO6. The minimum Gasteiger partial charge on any atom is -0.497 e. The van der Waals surface area contributed by atoms with Crippen molar-refractivity contribution in [1.29, 1.82) is 0 Å². The van der Waals surface area contributed by atoms with Gasteiger partial charge in [-0.25, -0.2) is 0 Å². The van der Waals surface area contributed by atoms with Crippen LogP contribution in [-0.2, 0) is 15.2 Å². The Morgan fingerprint density at radius 3 is 2.72 bits per heavy atom. The van der Waals surface area contributed by atoms with E-state index in [2.05, 4.69) is 0 Å². The molecule has 1 aromatic rings. The van der Waals surface area contributed by atoms with Gasteiger partial charge in [-0.2, -0.15) is 0 Å². The second-order valence-electron chi connectivity index (χ2n) is 4.01. The van der Waals surface area contributed by atoms with E-state index >= 15 is 0 Å². The van der Waals surface area contributed by atoms with E-state index in [1.807, 2.05) is 0 Å². The van der Waals surface area contributed by atoms with Gasteiger partial charge in [-0.15, -0.1) is 0 Å². The van der Waals surface area contributed by atoms with Gasteiger partial charge in [-0.05, 0) is 11.5 Å². The molecule has 0 aliphatic carbocycles. The highest BCUT2D eigenvalue weighted by Gasteiger charge is 2.43. The van der Waals surface area contributed by atoms with Crippen molar-refractivity contribution in [2.45, 2.75) is 12.2 Å². The molecule has 0 radical (unpaired) electrons. The minimum absolute atomic E-state index is 0.118. The van der Waals surface area contributed by atoms with Crippen molar-refractivity contribution in [3.63, 3.8) is 0 Å². The molecule has 2 N–H and O–H groups in total. The standard InChI is InChI=1S/C11H13BO6/c1-16-6-3-7-10(8(4-6)17-2)11(15,18-12-7)5-9(13)14/h3-4,12,15H,5H2,1-2H3,(H,13,14). The summed E-state index contributed by atoms with van der Waals surface area (Å²) < 4.78 is 15.5. The predicted octanol–water partition coefficient (Wildman–Crippen LogP) is -0.669. The molecule has 0 amide bonds. The van der Waals surface area contributed by atoms with Gasteiger partial charge in [0.05, 0.1) is 14.2 Å². The van der Waals surface area contributed by atoms with Crippen LogP contribution in [-0.4, -0.2) is 37.9 Å². The largest absolute Gasteiger partial charge is 0.497 e. The summed E-state index contributed by atoms with van der Waals surface area (Å²) >= 11 is 0. The Labute approximate surface area is 104 Å². The smallest absolute Gasteiger partial charge is 0.313 e. The number of carbonyl (C=O) groups is 1. The molecule has 1 atom stereocenters. The van der Waals surface area contributed by atoms with Crippen molar-refractivity contribution in [1.82, 2.24) is 0 Å². The van der Waals surface area contributed by atoms with E-state index in [0.717, 1.165) is 0 Å². The van der Waals surface area contributed by atoms with Crippen LogP contribution < -0.4 is 14.9 Å². The number of ether oxygens (including phenoxy) is 2. The van der Waals surface area contributed by atoms with E-state index in [1.54, 1.807) is 12.1 Å². The summed E-state index contributed by atoms with van der Waals surface area (Å²) in [6.45, 7) is 0. The first kappa shape index (κ1) is 12.7. The molecule has 96 valence electrons. The van der Waals surface area contributed by atoms with Crippen LogP contribution in [0.25, 0.3) is 0 Å². The topological polar surface area (TPSA) is 85.2 Å². The van der Waals surface area contributed by atoms with Gasteiger partial charge in [0.15, 0.2) is 5.79 Å². The van der Waals surface area contributed by atoms with Crippen LogP contribution in [0, 0.1) is 0 Å². The molecule has 1 unspecified atom stereocenters. The van der Waals surface area contributed by atoms with E-state index in [4.69, 9.17) is 19.2 Å². The van der Waals surface area contributed by atoms with Crippen molar-refractivity contribution >= 4 is 18.9 Å². The molecule has 0 aromatic heterocycles. The summed E-state index contributed by atoms with van der Waals surface area (Å²) in [5.41, 5.74) is 1.02. The summed E-state index contributed by atoms with van der Waals surface area (Å²) in [4.78, 5) is 10.8. The Morgan fingerprint density at radius 1 is 1.44 bits per heavy atom. The van der Waals surface area contributed by atoms with E-state index in [1.165, 1.54) is 14.2 Å². The van der Waals surface area contributed by atoms with Gasteiger partial charge in [-0.1, -0.05) is 0 Å². The van der Waals surface area contributed by atoms with Crippen molar-refractivity contribution in [2.24, 2.45) is 0 Å². The molecule has 0 saturated heterocycles. The van der Waals surface area contributed by atoms with Gasteiger partial charge < -0.3 is 24.3 Å². The summed E-state index contributed by atoms with van der Waals surface area (Å²) in [7, 11) is 3.07. The van der Waals surface area contributed by atoms with Crippen LogP contribution >= 0.6 is 0 Å². The van der Waals surface area contributed by atoms with Crippen LogP contribution in [0.3, 0.4) is 0 Å². The maximum atomic E-state index is 10.8. The average Bonchev–Trinajstić information content (AvgIpc) is 2.65. The quantitative estimate of drug-likeness (QED) is 0.691. The number of benzene rings is 1. The second-order valence-corrected chi connectivity index (χ2v) is 4.01. The van der Waals surface area contributed by atoms with Crippen molar-refractivity contribution < 1.29 is 29.1 Å². The van der Waals surface area contributed by atoms with Crippen LogP contribution in [0.1, 0.15) is 12.0 Å². The van der Waals surface area contributed by atoms with E-state index in [-0.39, 0.29) is 7.48 Å². The number of fused-ring (bicyclic) bond motifs is 1. The fraction of sp³-hybridized carbons (Fsp3) is 0.364. The maximum absolute atomic E-state index is 10.8. The third kappa shape index (κ3) is 2.02. The van der Waals surface area contributed by atoms with Gasteiger partial charge in [0.1, 0.15) is 17.9 Å². The lowest BCUT2D eigenvalue weighted by atomic mass is 9.85. The van der Waals surface area contributed by atoms with Crippen molar-refractivity contribution in [2.75, 3.05) is 14.2 Å². The highest BCUT2D eigenvalue weighted by Crippen LogP contribution is 2.37. The number of aliphatic carboxylic acids is 1. The Balaban J connectivity index is 2.51. The fourth-order valence-electron chi connectivity index (χ4n) is 2.09. The molecule has 2 rings (SSSR count). The van der Waals surface area contributed by atoms with E-state index in [0.29, 0.717) is 22.5 Å². The van der Waals surface area contributed by atoms with E-state index in [9.17, 15) is 9.90 Å². The molecule has 18 heavy (non-hydrogen) atoms. The Morgan fingerprint density at radius 2 is 2.17 bits per heavy atom. The maximum Gasteiger partial charge on any atom is 0.313 e. The van der Waals surface area contributed by atoms with Gasteiger partial charge >= 0.3 is 13.5 Å². The molecule has 1 heterocycles. The molecule has 1 aliphatic rings. The lowest BCUT2D eigenvalue weighted by molar-refractivity contribution is -0.170. The fourth-order valence-corrected chi connectivity index (χ4v) is 2.09. The van der Waals surface area contributed by atoms with Gasteiger partial charge in [0.2, 0.25) is 0 Å². The van der Waals surface area contributed by atoms with Gasteiger partial charge in [0, 0.05) is 11.6 Å². The highest BCUT2D eigenvalue weighted by molar-refractivity contribution is 6.49. The zero-order chi connectivity index (χ0) is 13.3. The molecule has 7 heteroatoms. The Bertz CT molecular complexity index is 489. The molecule has 1 aromatic carbocycles. The lowest BCUT2D eigenvalue weighted by Gasteiger charge is -2.24. The number of hydrogen-bond donors (Lipinski definition) is 2. The monoisotopic (exact) mass is 252 g/mol. The first-order chi connectivity index (χ1) is 8.50.